The number of halogens is 3. The van der Waals surface area contributed by atoms with E-state index in [9.17, 15) is 18.0 Å². The van der Waals surface area contributed by atoms with E-state index in [4.69, 9.17) is 5.11 Å². The van der Waals surface area contributed by atoms with Gasteiger partial charge in [0, 0.05) is 6.54 Å². The number of hydrogen-bond acceptors (Lipinski definition) is 2. The van der Waals surface area contributed by atoms with E-state index in [0.29, 0.717) is 19.6 Å². The molecule has 6 heteroatoms. The third-order valence-electron chi connectivity index (χ3n) is 3.63. The van der Waals surface area contributed by atoms with Gasteiger partial charge in [-0.15, -0.1) is 0 Å². The quantitative estimate of drug-likeness (QED) is 0.928. The molecule has 3 nitrogen and oxygen atoms in total. The van der Waals surface area contributed by atoms with Crippen LogP contribution < -0.4 is 0 Å². The Hall–Kier alpha value is -1.56. The third-order valence-corrected chi connectivity index (χ3v) is 3.63. The van der Waals surface area contributed by atoms with Gasteiger partial charge in [-0.1, -0.05) is 12.1 Å². The molecule has 1 heterocycles. The lowest BCUT2D eigenvalue weighted by molar-refractivity contribution is -0.185. The Balaban J connectivity index is 1.93. The minimum Gasteiger partial charge on any atom is -0.478 e. The summed E-state index contributed by atoms with van der Waals surface area (Å²) in [4.78, 5) is 12.8. The minimum absolute atomic E-state index is 0.113. The molecule has 1 N–H and O–H groups in total. The van der Waals surface area contributed by atoms with Gasteiger partial charge in [0.25, 0.3) is 0 Å². The number of hydrogen-bond donors (Lipinski definition) is 1. The van der Waals surface area contributed by atoms with Crippen molar-refractivity contribution in [1.82, 2.24) is 4.90 Å². The van der Waals surface area contributed by atoms with Crippen LogP contribution in [0, 0.1) is 5.92 Å². The maximum atomic E-state index is 12.6. The van der Waals surface area contributed by atoms with Crippen molar-refractivity contribution in [1.29, 1.82) is 0 Å². The highest BCUT2D eigenvalue weighted by atomic mass is 19.4. The lowest BCUT2D eigenvalue weighted by Crippen LogP contribution is -2.38. The Morgan fingerprint density at radius 3 is 2.50 bits per heavy atom. The van der Waals surface area contributed by atoms with E-state index in [1.807, 2.05) is 4.90 Å². The van der Waals surface area contributed by atoms with Crippen LogP contribution in [0.15, 0.2) is 24.3 Å². The van der Waals surface area contributed by atoms with Gasteiger partial charge in [-0.05, 0) is 43.6 Å². The number of rotatable bonds is 3. The number of aromatic carboxylic acids is 1. The summed E-state index contributed by atoms with van der Waals surface area (Å²) < 4.78 is 37.7. The summed E-state index contributed by atoms with van der Waals surface area (Å²) in [5.74, 6) is -2.20. The van der Waals surface area contributed by atoms with Crippen molar-refractivity contribution in [3.8, 4) is 0 Å². The van der Waals surface area contributed by atoms with Gasteiger partial charge in [-0.3, -0.25) is 4.90 Å². The molecule has 0 amide bonds. The Labute approximate surface area is 115 Å². The van der Waals surface area contributed by atoms with Crippen molar-refractivity contribution in [3.63, 3.8) is 0 Å². The van der Waals surface area contributed by atoms with Crippen LogP contribution in [0.1, 0.15) is 28.8 Å². The van der Waals surface area contributed by atoms with Gasteiger partial charge in [-0.2, -0.15) is 13.2 Å². The van der Waals surface area contributed by atoms with Crippen molar-refractivity contribution in [2.24, 2.45) is 5.92 Å². The number of piperidine rings is 1. The highest BCUT2D eigenvalue weighted by molar-refractivity contribution is 5.87. The summed E-state index contributed by atoms with van der Waals surface area (Å²) >= 11 is 0. The molecule has 0 unspecified atom stereocenters. The summed E-state index contributed by atoms with van der Waals surface area (Å²) in [6, 6.07) is 6.52. The van der Waals surface area contributed by atoms with Crippen LogP contribution in [0.3, 0.4) is 0 Å². The topological polar surface area (TPSA) is 40.5 Å². The number of nitrogens with zero attached hydrogens (tertiary/aromatic N) is 1. The molecule has 0 radical (unpaired) electrons. The summed E-state index contributed by atoms with van der Waals surface area (Å²) in [6.07, 6.45) is -3.88. The lowest BCUT2D eigenvalue weighted by atomic mass is 9.96. The Morgan fingerprint density at radius 2 is 1.95 bits per heavy atom. The van der Waals surface area contributed by atoms with Crippen molar-refractivity contribution < 1.29 is 23.1 Å². The molecule has 0 aliphatic carbocycles. The fourth-order valence-electron chi connectivity index (χ4n) is 2.48. The lowest BCUT2D eigenvalue weighted by Gasteiger charge is -2.32. The summed E-state index contributed by atoms with van der Waals surface area (Å²) in [6.45, 7) is 1.27. The molecule has 0 aromatic heterocycles. The van der Waals surface area contributed by atoms with Gasteiger partial charge < -0.3 is 5.11 Å². The average Bonchev–Trinajstić information content (AvgIpc) is 2.38. The van der Waals surface area contributed by atoms with E-state index in [1.54, 1.807) is 18.2 Å². The van der Waals surface area contributed by atoms with E-state index < -0.39 is 18.1 Å². The maximum absolute atomic E-state index is 12.6. The highest BCUT2D eigenvalue weighted by Crippen LogP contribution is 2.34. The molecule has 20 heavy (non-hydrogen) atoms. The maximum Gasteiger partial charge on any atom is 0.391 e. The van der Waals surface area contributed by atoms with Crippen molar-refractivity contribution >= 4 is 5.97 Å². The Morgan fingerprint density at radius 1 is 1.30 bits per heavy atom. The summed E-state index contributed by atoms with van der Waals surface area (Å²) in [5.41, 5.74) is 1.02. The molecule has 1 saturated heterocycles. The zero-order valence-corrected chi connectivity index (χ0v) is 10.9. The number of carboxylic acid groups (broad SMARTS) is 1. The fraction of sp³-hybridized carbons (Fsp3) is 0.500. The molecule has 1 fully saturated rings. The van der Waals surface area contributed by atoms with E-state index in [-0.39, 0.29) is 18.4 Å². The first-order valence-electron chi connectivity index (χ1n) is 6.47. The van der Waals surface area contributed by atoms with Gasteiger partial charge in [0.05, 0.1) is 11.5 Å². The Kier molecular flexibility index (Phi) is 4.32. The van der Waals surface area contributed by atoms with Crippen LogP contribution in [0.2, 0.25) is 0 Å². The van der Waals surface area contributed by atoms with Crippen LogP contribution in [-0.4, -0.2) is 35.2 Å². The van der Waals surface area contributed by atoms with Crippen LogP contribution in [0.5, 0.6) is 0 Å². The zero-order valence-electron chi connectivity index (χ0n) is 10.9. The predicted octanol–water partition coefficient (Wildman–Crippen LogP) is 3.16. The second kappa shape index (κ2) is 5.83. The van der Waals surface area contributed by atoms with Crippen molar-refractivity contribution in [2.45, 2.75) is 25.6 Å². The molecular formula is C14H16F3NO2. The average molecular weight is 287 g/mol. The number of benzene rings is 1. The molecule has 0 saturated carbocycles. The van der Waals surface area contributed by atoms with Gasteiger partial charge >= 0.3 is 12.1 Å². The molecule has 110 valence electrons. The molecule has 1 aliphatic rings. The summed E-state index contributed by atoms with van der Waals surface area (Å²) in [5, 5.41) is 8.90. The van der Waals surface area contributed by atoms with E-state index in [1.165, 1.54) is 6.07 Å². The molecule has 0 bridgehead atoms. The predicted molar refractivity (Wildman–Crippen MR) is 67.5 cm³/mol. The highest BCUT2D eigenvalue weighted by Gasteiger charge is 2.40. The van der Waals surface area contributed by atoms with E-state index in [2.05, 4.69) is 0 Å². The number of carboxylic acids is 1. The normalized spacial score (nSPS) is 18.1. The van der Waals surface area contributed by atoms with Crippen LogP contribution >= 0.6 is 0 Å². The summed E-state index contributed by atoms with van der Waals surface area (Å²) in [7, 11) is 0. The zero-order chi connectivity index (χ0) is 14.8. The first kappa shape index (κ1) is 14.8. The smallest absolute Gasteiger partial charge is 0.391 e. The van der Waals surface area contributed by atoms with Crippen molar-refractivity contribution in [2.75, 3.05) is 13.1 Å². The van der Waals surface area contributed by atoms with Crippen LogP contribution in [-0.2, 0) is 6.54 Å². The largest absolute Gasteiger partial charge is 0.478 e. The van der Waals surface area contributed by atoms with Crippen molar-refractivity contribution in [3.05, 3.63) is 35.4 Å². The third kappa shape index (κ3) is 3.72. The van der Waals surface area contributed by atoms with E-state index in [0.717, 1.165) is 5.56 Å². The minimum atomic E-state index is -4.10. The van der Waals surface area contributed by atoms with Gasteiger partial charge in [0.2, 0.25) is 0 Å². The van der Waals surface area contributed by atoms with Gasteiger partial charge in [-0.25, -0.2) is 4.79 Å². The monoisotopic (exact) mass is 287 g/mol. The second-order valence-electron chi connectivity index (χ2n) is 5.10. The molecule has 1 aromatic rings. The number of alkyl halides is 3. The van der Waals surface area contributed by atoms with Crippen LogP contribution in [0.25, 0.3) is 0 Å². The SMILES string of the molecule is O=C(O)c1cccc(CN2CCC(C(F)(F)F)CC2)c1. The first-order chi connectivity index (χ1) is 9.36. The Bertz CT molecular complexity index is 480. The fourth-order valence-corrected chi connectivity index (χ4v) is 2.48. The van der Waals surface area contributed by atoms with Crippen LogP contribution in [0.4, 0.5) is 13.2 Å². The molecule has 1 aliphatic heterocycles. The molecule has 2 rings (SSSR count). The number of likely N-dealkylation sites (tertiary alicyclic amines) is 1. The molecule has 1 aromatic carbocycles. The first-order valence-corrected chi connectivity index (χ1v) is 6.47. The molecular weight excluding hydrogens is 271 g/mol. The number of carbonyl (C=O) groups is 1. The van der Waals surface area contributed by atoms with Gasteiger partial charge in [0.1, 0.15) is 0 Å². The standard InChI is InChI=1S/C14H16F3NO2/c15-14(16,17)12-4-6-18(7-5-12)9-10-2-1-3-11(8-10)13(19)20/h1-3,8,12H,4-7,9H2,(H,19,20). The second-order valence-corrected chi connectivity index (χ2v) is 5.10. The molecule has 0 spiro atoms. The van der Waals surface area contributed by atoms with E-state index >= 15 is 0 Å². The molecule has 0 atom stereocenters. The van der Waals surface area contributed by atoms with Gasteiger partial charge in [0.15, 0.2) is 0 Å².